The van der Waals surface area contributed by atoms with Crippen molar-refractivity contribution in [3.8, 4) is 11.5 Å². The van der Waals surface area contributed by atoms with Gasteiger partial charge in [-0.1, -0.05) is 0 Å². The zero-order valence-electron chi connectivity index (χ0n) is 8.94. The minimum atomic E-state index is -4.55. The van der Waals surface area contributed by atoms with E-state index < -0.39 is 11.6 Å². The summed E-state index contributed by atoms with van der Waals surface area (Å²) in [7, 11) is 2.63. The van der Waals surface area contributed by atoms with E-state index in [4.69, 9.17) is 21.1 Å². The standard InChI is InChI=1S/C10H9BrClF3O2/c1-16-7-4-6(11)8(17-2)3-5(7)9(12)10(13,14)15/h3-4,9H,1-2H3. The van der Waals surface area contributed by atoms with Crippen molar-refractivity contribution in [2.45, 2.75) is 11.6 Å². The lowest BCUT2D eigenvalue weighted by Crippen LogP contribution is -2.16. The molecule has 0 heterocycles. The minimum absolute atomic E-state index is 0.0509. The van der Waals surface area contributed by atoms with E-state index in [2.05, 4.69) is 15.9 Å². The molecule has 0 saturated carbocycles. The maximum absolute atomic E-state index is 12.5. The first kappa shape index (κ1) is 14.4. The highest BCUT2D eigenvalue weighted by atomic mass is 79.9. The van der Waals surface area contributed by atoms with Crippen LogP contribution >= 0.6 is 27.5 Å². The summed E-state index contributed by atoms with van der Waals surface area (Å²) >= 11 is 8.52. The number of hydrogen-bond acceptors (Lipinski definition) is 2. The average molecular weight is 334 g/mol. The molecular formula is C10H9BrClF3O2. The molecule has 1 aromatic carbocycles. The summed E-state index contributed by atoms with van der Waals surface area (Å²) < 4.78 is 47.9. The van der Waals surface area contributed by atoms with Gasteiger partial charge in [0.1, 0.15) is 11.5 Å². The highest BCUT2D eigenvalue weighted by Crippen LogP contribution is 2.45. The fraction of sp³-hybridized carbons (Fsp3) is 0.400. The van der Waals surface area contributed by atoms with E-state index in [1.807, 2.05) is 0 Å². The Balaban J connectivity index is 3.30. The molecule has 17 heavy (non-hydrogen) atoms. The Morgan fingerprint density at radius 2 is 1.71 bits per heavy atom. The van der Waals surface area contributed by atoms with Crippen LogP contribution in [0.5, 0.6) is 11.5 Å². The third-order valence-electron chi connectivity index (χ3n) is 2.06. The van der Waals surface area contributed by atoms with Gasteiger partial charge < -0.3 is 9.47 Å². The number of methoxy groups -OCH3 is 2. The van der Waals surface area contributed by atoms with Gasteiger partial charge in [0.25, 0.3) is 0 Å². The van der Waals surface area contributed by atoms with Crippen LogP contribution in [0.3, 0.4) is 0 Å². The number of alkyl halides is 4. The Morgan fingerprint density at radius 3 is 2.12 bits per heavy atom. The second-order valence-electron chi connectivity index (χ2n) is 3.13. The van der Waals surface area contributed by atoms with E-state index in [1.54, 1.807) is 0 Å². The molecule has 1 atom stereocenters. The molecule has 96 valence electrons. The third-order valence-corrected chi connectivity index (χ3v) is 3.17. The molecule has 0 amide bonds. The Labute approximate surface area is 110 Å². The van der Waals surface area contributed by atoms with Gasteiger partial charge in [-0.3, -0.25) is 0 Å². The van der Waals surface area contributed by atoms with Crippen LogP contribution in [0, 0.1) is 0 Å². The van der Waals surface area contributed by atoms with Crippen molar-refractivity contribution in [1.29, 1.82) is 0 Å². The van der Waals surface area contributed by atoms with Crippen LogP contribution in [0.15, 0.2) is 16.6 Å². The Kier molecular flexibility index (Phi) is 4.55. The van der Waals surface area contributed by atoms with Crippen LogP contribution in [-0.4, -0.2) is 20.4 Å². The van der Waals surface area contributed by atoms with E-state index in [1.165, 1.54) is 26.4 Å². The molecule has 0 spiro atoms. The predicted octanol–water partition coefficient (Wildman–Crippen LogP) is 4.31. The largest absolute Gasteiger partial charge is 0.496 e. The molecule has 0 fully saturated rings. The highest BCUT2D eigenvalue weighted by molar-refractivity contribution is 9.10. The lowest BCUT2D eigenvalue weighted by atomic mass is 10.1. The normalized spacial score (nSPS) is 13.4. The van der Waals surface area contributed by atoms with E-state index >= 15 is 0 Å². The maximum Gasteiger partial charge on any atom is 0.409 e. The molecule has 0 aliphatic heterocycles. The smallest absolute Gasteiger partial charge is 0.409 e. The zero-order chi connectivity index (χ0) is 13.2. The molecule has 0 saturated heterocycles. The van der Waals surface area contributed by atoms with Gasteiger partial charge in [0.05, 0.1) is 18.7 Å². The highest BCUT2D eigenvalue weighted by Gasteiger charge is 2.41. The predicted molar refractivity (Wildman–Crippen MR) is 61.9 cm³/mol. The summed E-state index contributed by atoms with van der Waals surface area (Å²) in [6, 6.07) is 2.59. The summed E-state index contributed by atoms with van der Waals surface area (Å²) in [6.45, 7) is 0. The van der Waals surface area contributed by atoms with Crippen molar-refractivity contribution in [1.82, 2.24) is 0 Å². The second-order valence-corrected chi connectivity index (χ2v) is 4.42. The maximum atomic E-state index is 12.5. The van der Waals surface area contributed by atoms with E-state index in [9.17, 15) is 13.2 Å². The minimum Gasteiger partial charge on any atom is -0.496 e. The molecule has 0 bridgehead atoms. The van der Waals surface area contributed by atoms with Gasteiger partial charge in [-0.2, -0.15) is 13.2 Å². The van der Waals surface area contributed by atoms with Crippen LogP contribution in [-0.2, 0) is 0 Å². The molecule has 7 heteroatoms. The van der Waals surface area contributed by atoms with Gasteiger partial charge in [0.15, 0.2) is 5.38 Å². The SMILES string of the molecule is COc1cc(C(Cl)C(F)(F)F)c(OC)cc1Br. The Bertz CT molecular complexity index is 409. The van der Waals surface area contributed by atoms with E-state index in [-0.39, 0.29) is 17.1 Å². The first-order valence-electron chi connectivity index (χ1n) is 4.43. The zero-order valence-corrected chi connectivity index (χ0v) is 11.3. The molecule has 1 rings (SSSR count). The molecule has 0 aromatic heterocycles. The summed E-state index contributed by atoms with van der Waals surface area (Å²) in [5, 5.41) is -2.14. The number of hydrogen-bond donors (Lipinski definition) is 0. The average Bonchev–Trinajstić information content (AvgIpc) is 2.26. The van der Waals surface area contributed by atoms with Crippen molar-refractivity contribution < 1.29 is 22.6 Å². The van der Waals surface area contributed by atoms with Crippen molar-refractivity contribution in [2.24, 2.45) is 0 Å². The quantitative estimate of drug-likeness (QED) is 0.768. The molecule has 1 aromatic rings. The van der Waals surface area contributed by atoms with Crippen molar-refractivity contribution in [3.63, 3.8) is 0 Å². The monoisotopic (exact) mass is 332 g/mol. The van der Waals surface area contributed by atoms with Crippen molar-refractivity contribution in [2.75, 3.05) is 14.2 Å². The first-order valence-corrected chi connectivity index (χ1v) is 5.66. The van der Waals surface area contributed by atoms with Gasteiger partial charge in [0.2, 0.25) is 0 Å². The van der Waals surface area contributed by atoms with Gasteiger partial charge >= 0.3 is 6.18 Å². The van der Waals surface area contributed by atoms with Crippen LogP contribution in [0.4, 0.5) is 13.2 Å². The van der Waals surface area contributed by atoms with Crippen LogP contribution in [0.25, 0.3) is 0 Å². The third kappa shape index (κ3) is 3.19. The summed E-state index contributed by atoms with van der Waals surface area (Å²) in [5.74, 6) is 0.311. The van der Waals surface area contributed by atoms with Gasteiger partial charge in [-0.25, -0.2) is 0 Å². The van der Waals surface area contributed by atoms with Crippen LogP contribution in [0.2, 0.25) is 0 Å². The van der Waals surface area contributed by atoms with Gasteiger partial charge in [-0.05, 0) is 28.1 Å². The molecule has 0 aliphatic carbocycles. The molecule has 0 N–H and O–H groups in total. The van der Waals surface area contributed by atoms with Crippen molar-refractivity contribution >= 4 is 27.5 Å². The number of ether oxygens (including phenoxy) is 2. The first-order chi connectivity index (χ1) is 7.81. The second kappa shape index (κ2) is 5.35. The van der Waals surface area contributed by atoms with E-state index in [0.29, 0.717) is 4.47 Å². The molecule has 2 nitrogen and oxygen atoms in total. The lowest BCUT2D eigenvalue weighted by molar-refractivity contribution is -0.132. The number of rotatable bonds is 3. The summed E-state index contributed by atoms with van der Waals surface area (Å²) in [4.78, 5) is 0. The molecule has 0 radical (unpaired) electrons. The van der Waals surface area contributed by atoms with Gasteiger partial charge in [-0.15, -0.1) is 11.6 Å². The number of benzene rings is 1. The van der Waals surface area contributed by atoms with Crippen LogP contribution < -0.4 is 9.47 Å². The van der Waals surface area contributed by atoms with Gasteiger partial charge in [0, 0.05) is 5.56 Å². The van der Waals surface area contributed by atoms with Crippen LogP contribution in [0.1, 0.15) is 10.9 Å². The lowest BCUT2D eigenvalue weighted by Gasteiger charge is -2.18. The number of halogens is 5. The fourth-order valence-electron chi connectivity index (χ4n) is 1.26. The topological polar surface area (TPSA) is 18.5 Å². The van der Waals surface area contributed by atoms with E-state index in [0.717, 1.165) is 0 Å². The Hall–Kier alpha value is -0.620. The van der Waals surface area contributed by atoms with Crippen molar-refractivity contribution in [3.05, 3.63) is 22.2 Å². The summed E-state index contributed by atoms with van der Waals surface area (Å²) in [6.07, 6.45) is -4.55. The molecule has 0 aliphatic rings. The Morgan fingerprint density at radius 1 is 1.18 bits per heavy atom. The molecule has 1 unspecified atom stereocenters. The fourth-order valence-corrected chi connectivity index (χ4v) is 1.91. The summed E-state index contributed by atoms with van der Waals surface area (Å²) in [5.41, 5.74) is -0.179. The molecular weight excluding hydrogens is 324 g/mol.